The number of aryl methyl sites for hydroxylation is 1. The van der Waals surface area contributed by atoms with Gasteiger partial charge in [-0.15, -0.1) is 0 Å². The highest BCUT2D eigenvalue weighted by Gasteiger charge is 2.35. The van der Waals surface area contributed by atoms with Gasteiger partial charge in [0, 0.05) is 25.6 Å². The lowest BCUT2D eigenvalue weighted by molar-refractivity contribution is -0.134. The van der Waals surface area contributed by atoms with E-state index in [4.69, 9.17) is 55.9 Å². The van der Waals surface area contributed by atoms with Gasteiger partial charge in [-0.25, -0.2) is 0 Å². The Balaban J connectivity index is 1.37. The van der Waals surface area contributed by atoms with Gasteiger partial charge in [0.05, 0.1) is 26.0 Å². The van der Waals surface area contributed by atoms with Crippen molar-refractivity contribution in [1.29, 1.82) is 0 Å². The Bertz CT molecular complexity index is 1410. The van der Waals surface area contributed by atoms with Crippen LogP contribution in [0.25, 0.3) is 0 Å². The number of halogens is 4. The molecular formula is C33H36Cl4N2O4. The number of nitrogens with one attached hydrogen (secondary N) is 1. The summed E-state index contributed by atoms with van der Waals surface area (Å²) < 4.78 is 11.6. The van der Waals surface area contributed by atoms with Crippen LogP contribution in [0.1, 0.15) is 37.0 Å². The van der Waals surface area contributed by atoms with Crippen molar-refractivity contribution in [3.05, 3.63) is 91.4 Å². The van der Waals surface area contributed by atoms with Gasteiger partial charge in [-0.3, -0.25) is 9.59 Å². The Morgan fingerprint density at radius 3 is 2.30 bits per heavy atom. The molecule has 1 aliphatic heterocycles. The maximum atomic E-state index is 13.5. The van der Waals surface area contributed by atoms with Crippen LogP contribution in [0.15, 0.2) is 54.6 Å². The fourth-order valence-electron chi connectivity index (χ4n) is 5.21. The Hall–Kier alpha value is -2.64. The molecule has 1 N–H and O–H groups in total. The molecule has 0 saturated carbocycles. The summed E-state index contributed by atoms with van der Waals surface area (Å²) in [5.74, 6) is 0.876. The van der Waals surface area contributed by atoms with Crippen molar-refractivity contribution in [2.45, 2.75) is 40.2 Å². The molecule has 6 nitrogen and oxygen atoms in total. The summed E-state index contributed by atoms with van der Waals surface area (Å²) in [6.45, 7) is 7.84. The molecule has 0 bridgehead atoms. The zero-order chi connectivity index (χ0) is 31.1. The molecule has 3 aromatic rings. The molecule has 2 amide bonds. The molecule has 0 spiro atoms. The molecule has 2 unspecified atom stereocenters. The molecule has 1 heterocycles. The number of nitrogens with zero attached hydrogens (tertiary/aromatic N) is 1. The van der Waals surface area contributed by atoms with E-state index in [1.165, 1.54) is 0 Å². The predicted octanol–water partition coefficient (Wildman–Crippen LogP) is 8.05. The van der Waals surface area contributed by atoms with Gasteiger partial charge >= 0.3 is 0 Å². The summed E-state index contributed by atoms with van der Waals surface area (Å²) >= 11 is 25.0. The third kappa shape index (κ3) is 8.95. The van der Waals surface area contributed by atoms with Gasteiger partial charge in [0.2, 0.25) is 11.8 Å². The normalized spacial score (nSPS) is 15.6. The molecule has 0 aromatic heterocycles. The van der Waals surface area contributed by atoms with Crippen molar-refractivity contribution < 1.29 is 19.1 Å². The predicted molar refractivity (Wildman–Crippen MR) is 174 cm³/mol. The van der Waals surface area contributed by atoms with Crippen LogP contribution in [-0.2, 0) is 22.6 Å². The van der Waals surface area contributed by atoms with E-state index in [1.807, 2.05) is 42.2 Å². The van der Waals surface area contributed by atoms with Crippen molar-refractivity contribution in [2.75, 3.05) is 26.3 Å². The maximum absolute atomic E-state index is 13.5. The molecule has 2 atom stereocenters. The van der Waals surface area contributed by atoms with E-state index >= 15 is 0 Å². The van der Waals surface area contributed by atoms with Crippen LogP contribution < -0.4 is 14.8 Å². The van der Waals surface area contributed by atoms with E-state index in [-0.39, 0.29) is 36.8 Å². The number of hydrogen-bond acceptors (Lipinski definition) is 4. The molecule has 10 heteroatoms. The van der Waals surface area contributed by atoms with Crippen LogP contribution in [0.2, 0.25) is 20.1 Å². The van der Waals surface area contributed by atoms with Crippen LogP contribution in [-0.4, -0.2) is 43.0 Å². The lowest BCUT2D eigenvalue weighted by Crippen LogP contribution is -2.41. The topological polar surface area (TPSA) is 67.9 Å². The van der Waals surface area contributed by atoms with Gasteiger partial charge in [0.25, 0.3) is 0 Å². The average Bonchev–Trinajstić information content (AvgIpc) is 3.33. The van der Waals surface area contributed by atoms with Crippen LogP contribution in [0.4, 0.5) is 0 Å². The van der Waals surface area contributed by atoms with E-state index < -0.39 is 5.92 Å². The highest BCUT2D eigenvalue weighted by Crippen LogP contribution is 2.34. The van der Waals surface area contributed by atoms with Gasteiger partial charge in [0.1, 0.15) is 19.0 Å². The average molecular weight is 666 g/mol. The quantitative estimate of drug-likeness (QED) is 0.188. The van der Waals surface area contributed by atoms with Crippen LogP contribution in [0.5, 0.6) is 11.5 Å². The molecule has 4 rings (SSSR count). The first-order valence-corrected chi connectivity index (χ1v) is 15.8. The van der Waals surface area contributed by atoms with Crippen molar-refractivity contribution in [2.24, 2.45) is 17.8 Å². The second-order valence-electron chi connectivity index (χ2n) is 11.2. The number of amides is 2. The van der Waals surface area contributed by atoms with Gasteiger partial charge in [-0.05, 0) is 72.7 Å². The Morgan fingerprint density at radius 2 is 1.65 bits per heavy atom. The van der Waals surface area contributed by atoms with Gasteiger partial charge in [0.15, 0.2) is 5.75 Å². The van der Waals surface area contributed by atoms with Crippen LogP contribution in [0, 0.1) is 24.7 Å². The summed E-state index contributed by atoms with van der Waals surface area (Å²) in [6.07, 6.45) is 1.26. The van der Waals surface area contributed by atoms with Gasteiger partial charge < -0.3 is 19.7 Å². The lowest BCUT2D eigenvalue weighted by atomic mass is 9.94. The lowest BCUT2D eigenvalue weighted by Gasteiger charge is -2.24. The minimum atomic E-state index is -0.447. The number of carbonyl (C=O) groups is 2. The molecule has 1 fully saturated rings. The molecule has 3 aromatic carbocycles. The molecule has 230 valence electrons. The van der Waals surface area contributed by atoms with Gasteiger partial charge in [-0.1, -0.05) is 84.5 Å². The van der Waals surface area contributed by atoms with Crippen molar-refractivity contribution >= 4 is 58.2 Å². The second kappa shape index (κ2) is 15.4. The standard InChI is InChI=1S/C33H36Cl4N2O4/c1-20(2)26-11-12-39(33(26)41)19-24(32(40)38-18-23-5-4-6-27(34)30(23)37)17-22-7-9-25(10-8-22)42-13-14-43-31-28(35)15-21(3)16-29(31)36/h4-10,15-16,20,24,26H,11-14,17-19H2,1-3H3,(H,38,40). The number of carbonyl (C=O) groups excluding carboxylic acids is 2. The van der Waals surface area contributed by atoms with Crippen molar-refractivity contribution in [3.8, 4) is 11.5 Å². The largest absolute Gasteiger partial charge is 0.490 e. The minimum absolute atomic E-state index is 0.00699. The first kappa shape index (κ1) is 33.3. The molecular weight excluding hydrogens is 630 g/mol. The van der Waals surface area contributed by atoms with E-state index in [9.17, 15) is 9.59 Å². The Morgan fingerprint density at radius 1 is 0.977 bits per heavy atom. The summed E-state index contributed by atoms with van der Waals surface area (Å²) in [5, 5.41) is 4.77. The molecule has 43 heavy (non-hydrogen) atoms. The minimum Gasteiger partial charge on any atom is -0.490 e. The molecule has 1 saturated heterocycles. The highest BCUT2D eigenvalue weighted by atomic mass is 35.5. The van der Waals surface area contributed by atoms with Crippen LogP contribution in [0.3, 0.4) is 0 Å². The molecule has 0 radical (unpaired) electrons. The monoisotopic (exact) mass is 664 g/mol. The summed E-state index contributed by atoms with van der Waals surface area (Å²) in [5.41, 5.74) is 2.64. The third-order valence-corrected chi connectivity index (χ3v) is 9.01. The van der Waals surface area contributed by atoms with E-state index in [1.54, 1.807) is 24.3 Å². The number of hydrogen-bond donors (Lipinski definition) is 1. The number of benzene rings is 3. The van der Waals surface area contributed by atoms with E-state index in [0.29, 0.717) is 57.7 Å². The first-order valence-electron chi connectivity index (χ1n) is 14.3. The number of likely N-dealkylation sites (tertiary alicyclic amines) is 1. The third-order valence-electron chi connectivity index (χ3n) is 7.59. The van der Waals surface area contributed by atoms with E-state index in [2.05, 4.69) is 19.2 Å². The summed E-state index contributed by atoms with van der Waals surface area (Å²) in [6, 6.07) is 16.5. The highest BCUT2D eigenvalue weighted by molar-refractivity contribution is 6.42. The fourth-order valence-corrected chi connectivity index (χ4v) is 6.31. The fraction of sp³-hybridized carbons (Fsp3) is 0.394. The van der Waals surface area contributed by atoms with Gasteiger partial charge in [-0.2, -0.15) is 0 Å². The molecule has 0 aliphatic carbocycles. The zero-order valence-electron chi connectivity index (χ0n) is 24.5. The maximum Gasteiger partial charge on any atom is 0.226 e. The number of rotatable bonds is 13. The smallest absolute Gasteiger partial charge is 0.226 e. The van der Waals surface area contributed by atoms with Crippen molar-refractivity contribution in [3.63, 3.8) is 0 Å². The summed E-state index contributed by atoms with van der Waals surface area (Å²) in [7, 11) is 0. The SMILES string of the molecule is Cc1cc(Cl)c(OCCOc2ccc(CC(CN3CCC(C(C)C)C3=O)C(=O)NCc3cccc(Cl)c3Cl)cc2)c(Cl)c1. The van der Waals surface area contributed by atoms with E-state index in [0.717, 1.165) is 23.1 Å². The number of ether oxygens (including phenoxy) is 2. The Labute approximate surface area is 273 Å². The first-order chi connectivity index (χ1) is 20.5. The Kier molecular flexibility index (Phi) is 11.9. The summed E-state index contributed by atoms with van der Waals surface area (Å²) in [4.78, 5) is 28.3. The zero-order valence-corrected chi connectivity index (χ0v) is 27.5. The van der Waals surface area contributed by atoms with Crippen molar-refractivity contribution in [1.82, 2.24) is 10.2 Å². The molecule has 1 aliphatic rings. The second-order valence-corrected chi connectivity index (χ2v) is 12.8. The van der Waals surface area contributed by atoms with Crippen LogP contribution >= 0.6 is 46.4 Å².